The van der Waals surface area contributed by atoms with Crippen molar-refractivity contribution in [1.82, 2.24) is 0 Å². The summed E-state index contributed by atoms with van der Waals surface area (Å²) in [6.07, 6.45) is 0. The highest BCUT2D eigenvalue weighted by atomic mass is 35.5. The van der Waals surface area contributed by atoms with Gasteiger partial charge in [-0.15, -0.1) is 0 Å². The van der Waals surface area contributed by atoms with Gasteiger partial charge in [-0.25, -0.2) is 8.42 Å². The van der Waals surface area contributed by atoms with E-state index in [4.69, 9.17) is 11.6 Å². The van der Waals surface area contributed by atoms with E-state index in [-0.39, 0.29) is 26.9 Å². The largest absolute Gasteiger partial charge is 0.322 e. The molecule has 0 aliphatic rings. The van der Waals surface area contributed by atoms with Gasteiger partial charge in [0, 0.05) is 17.8 Å². The van der Waals surface area contributed by atoms with E-state index in [1.165, 1.54) is 36.4 Å². The molecule has 30 heavy (non-hydrogen) atoms. The Morgan fingerprint density at radius 3 is 2.47 bits per heavy atom. The number of hydrogen-bond acceptors (Lipinski definition) is 5. The van der Waals surface area contributed by atoms with Gasteiger partial charge in [0.05, 0.1) is 26.1 Å². The summed E-state index contributed by atoms with van der Waals surface area (Å²) in [6, 6.07) is 16.0. The molecule has 0 spiro atoms. The number of nitro groups is 1. The van der Waals surface area contributed by atoms with Gasteiger partial charge < -0.3 is 5.32 Å². The van der Waals surface area contributed by atoms with Crippen LogP contribution in [0.2, 0.25) is 5.02 Å². The lowest BCUT2D eigenvalue weighted by Gasteiger charge is -2.12. The van der Waals surface area contributed by atoms with Crippen LogP contribution in [0.15, 0.2) is 71.6 Å². The number of sulfonamides is 1. The molecule has 0 aromatic heterocycles. The number of nitrogens with zero attached hydrogens (tertiary/aromatic N) is 1. The third kappa shape index (κ3) is 4.76. The van der Waals surface area contributed by atoms with Gasteiger partial charge in [0.15, 0.2) is 0 Å². The van der Waals surface area contributed by atoms with Crippen molar-refractivity contribution in [2.24, 2.45) is 0 Å². The van der Waals surface area contributed by atoms with E-state index in [0.29, 0.717) is 5.69 Å². The number of amides is 1. The molecule has 0 atom stereocenters. The summed E-state index contributed by atoms with van der Waals surface area (Å²) in [7, 11) is -3.98. The van der Waals surface area contributed by atoms with Gasteiger partial charge in [-0.3, -0.25) is 19.6 Å². The zero-order valence-corrected chi connectivity index (χ0v) is 17.2. The maximum Gasteiger partial charge on any atom is 0.271 e. The van der Waals surface area contributed by atoms with Crippen molar-refractivity contribution in [3.63, 3.8) is 0 Å². The van der Waals surface area contributed by atoms with Gasteiger partial charge in [-0.2, -0.15) is 0 Å². The van der Waals surface area contributed by atoms with Crippen molar-refractivity contribution >= 4 is 44.6 Å². The third-order valence-corrected chi connectivity index (χ3v) is 5.89. The zero-order valence-electron chi connectivity index (χ0n) is 15.6. The normalized spacial score (nSPS) is 11.0. The number of halogens is 1. The molecule has 1 amide bonds. The lowest BCUT2D eigenvalue weighted by Crippen LogP contribution is -2.17. The molecule has 3 aromatic carbocycles. The molecule has 0 saturated carbocycles. The number of para-hydroxylation sites is 1. The predicted octanol–water partition coefficient (Wildman–Crippen LogP) is 4.61. The van der Waals surface area contributed by atoms with Crippen LogP contribution in [0.3, 0.4) is 0 Å². The Morgan fingerprint density at radius 2 is 1.77 bits per heavy atom. The van der Waals surface area contributed by atoms with Crippen LogP contribution in [0, 0.1) is 17.0 Å². The average molecular weight is 446 g/mol. The Bertz CT molecular complexity index is 1240. The SMILES string of the molecule is Cc1ccccc1NS(=O)(=O)c1ccc(Cl)c(C(=O)Nc2cccc([N+](=O)[O-])c2)c1. The number of carbonyl (C=O) groups is 1. The fourth-order valence-corrected chi connectivity index (χ4v) is 3.99. The monoisotopic (exact) mass is 445 g/mol. The van der Waals surface area contributed by atoms with Crippen LogP contribution < -0.4 is 10.0 Å². The molecular weight excluding hydrogens is 430 g/mol. The molecule has 8 nitrogen and oxygen atoms in total. The molecule has 0 radical (unpaired) electrons. The Hall–Kier alpha value is -3.43. The molecule has 0 aliphatic carbocycles. The number of nitro benzene ring substituents is 1. The van der Waals surface area contributed by atoms with Crippen molar-refractivity contribution in [2.45, 2.75) is 11.8 Å². The molecule has 0 heterocycles. The van der Waals surface area contributed by atoms with E-state index in [0.717, 1.165) is 11.6 Å². The molecule has 0 aliphatic heterocycles. The summed E-state index contributed by atoms with van der Waals surface area (Å²) in [5, 5.41) is 13.4. The predicted molar refractivity (Wildman–Crippen MR) is 114 cm³/mol. The first-order chi connectivity index (χ1) is 14.2. The minimum atomic E-state index is -3.98. The van der Waals surface area contributed by atoms with Crippen LogP contribution in [-0.2, 0) is 10.0 Å². The van der Waals surface area contributed by atoms with Gasteiger partial charge in [0.2, 0.25) is 0 Å². The van der Waals surface area contributed by atoms with Crippen LogP contribution in [0.4, 0.5) is 17.1 Å². The van der Waals surface area contributed by atoms with Gasteiger partial charge in [-0.05, 0) is 42.8 Å². The second-order valence-corrected chi connectivity index (χ2v) is 8.41. The number of benzene rings is 3. The maximum absolute atomic E-state index is 12.8. The Kier molecular flexibility index (Phi) is 6.04. The first kappa shape index (κ1) is 21.3. The number of non-ortho nitro benzene ring substituents is 1. The van der Waals surface area contributed by atoms with Crippen LogP contribution in [0.25, 0.3) is 0 Å². The number of rotatable bonds is 6. The summed E-state index contributed by atoms with van der Waals surface area (Å²) in [6.45, 7) is 1.76. The Labute approximate surface area is 177 Å². The molecule has 3 rings (SSSR count). The highest BCUT2D eigenvalue weighted by Gasteiger charge is 2.20. The standard InChI is InChI=1S/C20H16ClN3O5S/c1-13-5-2-3-8-19(13)23-30(28,29)16-9-10-18(21)17(12-16)20(25)22-14-6-4-7-15(11-14)24(26)27/h2-12,23H,1H3,(H,22,25). The van der Waals surface area contributed by atoms with E-state index in [2.05, 4.69) is 10.0 Å². The highest BCUT2D eigenvalue weighted by molar-refractivity contribution is 7.92. The van der Waals surface area contributed by atoms with Crippen LogP contribution >= 0.6 is 11.6 Å². The molecule has 3 aromatic rings. The quantitative estimate of drug-likeness (QED) is 0.424. The van der Waals surface area contributed by atoms with Crippen molar-refractivity contribution < 1.29 is 18.1 Å². The summed E-state index contributed by atoms with van der Waals surface area (Å²) in [5.41, 5.74) is 1.04. The highest BCUT2D eigenvalue weighted by Crippen LogP contribution is 2.25. The summed E-state index contributed by atoms with van der Waals surface area (Å²) in [4.78, 5) is 22.8. The van der Waals surface area contributed by atoms with Crippen molar-refractivity contribution in [3.05, 3.63) is 93.0 Å². The van der Waals surface area contributed by atoms with E-state index in [1.54, 1.807) is 31.2 Å². The third-order valence-electron chi connectivity index (χ3n) is 4.20. The van der Waals surface area contributed by atoms with E-state index < -0.39 is 20.9 Å². The summed E-state index contributed by atoms with van der Waals surface area (Å²) in [5.74, 6) is -0.701. The van der Waals surface area contributed by atoms with E-state index >= 15 is 0 Å². The van der Waals surface area contributed by atoms with E-state index in [1.807, 2.05) is 0 Å². The van der Waals surface area contributed by atoms with Crippen molar-refractivity contribution in [2.75, 3.05) is 10.0 Å². The number of carbonyl (C=O) groups excluding carboxylic acids is 1. The number of aryl methyl sites for hydroxylation is 1. The van der Waals surface area contributed by atoms with Gasteiger partial charge in [0.25, 0.3) is 21.6 Å². The fourth-order valence-electron chi connectivity index (χ4n) is 2.63. The zero-order chi connectivity index (χ0) is 21.9. The first-order valence-electron chi connectivity index (χ1n) is 8.61. The Morgan fingerprint density at radius 1 is 1.03 bits per heavy atom. The second-order valence-electron chi connectivity index (χ2n) is 6.32. The number of hydrogen-bond donors (Lipinski definition) is 2. The van der Waals surface area contributed by atoms with Crippen LogP contribution in [0.1, 0.15) is 15.9 Å². The summed E-state index contributed by atoms with van der Waals surface area (Å²) < 4.78 is 28.0. The van der Waals surface area contributed by atoms with Crippen molar-refractivity contribution in [1.29, 1.82) is 0 Å². The molecule has 10 heteroatoms. The van der Waals surface area contributed by atoms with Gasteiger partial charge in [-0.1, -0.05) is 35.9 Å². The maximum atomic E-state index is 12.8. The molecule has 154 valence electrons. The van der Waals surface area contributed by atoms with Crippen LogP contribution in [0.5, 0.6) is 0 Å². The van der Waals surface area contributed by atoms with Gasteiger partial charge in [0.1, 0.15) is 0 Å². The number of anilines is 2. The lowest BCUT2D eigenvalue weighted by atomic mass is 10.2. The van der Waals surface area contributed by atoms with Crippen molar-refractivity contribution in [3.8, 4) is 0 Å². The minimum absolute atomic E-state index is 0.0350. The Balaban J connectivity index is 1.89. The molecule has 2 N–H and O–H groups in total. The van der Waals surface area contributed by atoms with Gasteiger partial charge >= 0.3 is 0 Å². The summed E-state index contributed by atoms with van der Waals surface area (Å²) >= 11 is 6.09. The first-order valence-corrected chi connectivity index (χ1v) is 10.5. The topological polar surface area (TPSA) is 118 Å². The lowest BCUT2D eigenvalue weighted by molar-refractivity contribution is -0.384. The van der Waals surface area contributed by atoms with E-state index in [9.17, 15) is 23.3 Å². The molecule has 0 fully saturated rings. The minimum Gasteiger partial charge on any atom is -0.322 e. The molecule has 0 saturated heterocycles. The second kappa shape index (κ2) is 8.52. The number of nitrogens with one attached hydrogen (secondary N) is 2. The smallest absolute Gasteiger partial charge is 0.271 e. The average Bonchev–Trinajstić information content (AvgIpc) is 2.70. The molecule has 0 bridgehead atoms. The molecule has 0 unspecified atom stereocenters. The fraction of sp³-hybridized carbons (Fsp3) is 0.0500. The molecular formula is C20H16ClN3O5S. The van der Waals surface area contributed by atoms with Crippen LogP contribution in [-0.4, -0.2) is 19.2 Å².